The highest BCUT2D eigenvalue weighted by Gasteiger charge is 2.15. The normalized spacial score (nSPS) is 11.0. The van der Waals surface area contributed by atoms with Gasteiger partial charge in [0.05, 0.1) is 16.0 Å². The quantitative estimate of drug-likeness (QED) is 0.350. The predicted octanol–water partition coefficient (Wildman–Crippen LogP) is 5.43. The first kappa shape index (κ1) is 24.1. The maximum absolute atomic E-state index is 12.6. The van der Waals surface area contributed by atoms with Crippen LogP contribution < -0.4 is 19.5 Å². The average Bonchev–Trinajstić information content (AvgIpc) is 2.75. The van der Waals surface area contributed by atoms with Crippen molar-refractivity contribution in [2.24, 2.45) is 0 Å². The fourth-order valence-electron chi connectivity index (χ4n) is 2.65. The topological polar surface area (TPSA) is 93.7 Å². The zero-order chi connectivity index (χ0) is 23.1. The molecule has 3 rings (SSSR count). The molecule has 32 heavy (non-hydrogen) atoms. The summed E-state index contributed by atoms with van der Waals surface area (Å²) in [4.78, 5) is 12.2. The second-order valence-corrected chi connectivity index (χ2v) is 9.95. The number of anilines is 2. The van der Waals surface area contributed by atoms with Crippen LogP contribution in [0.2, 0.25) is 0 Å². The van der Waals surface area contributed by atoms with Gasteiger partial charge in [-0.2, -0.15) is 0 Å². The second-order valence-electron chi connectivity index (χ2n) is 6.50. The first-order valence-electron chi connectivity index (χ1n) is 9.50. The number of nitrogens with one attached hydrogen (secondary N) is 2. The number of rotatable bonds is 9. The zero-order valence-electron chi connectivity index (χ0n) is 17.0. The molecule has 3 aromatic rings. The van der Waals surface area contributed by atoms with Crippen LogP contribution in [0, 0.1) is 0 Å². The van der Waals surface area contributed by atoms with Crippen LogP contribution >= 0.6 is 31.9 Å². The maximum Gasteiger partial charge on any atom is 0.262 e. The van der Waals surface area contributed by atoms with Crippen LogP contribution in [-0.2, 0) is 14.8 Å². The third-order valence-corrected chi connectivity index (χ3v) is 6.63. The van der Waals surface area contributed by atoms with Gasteiger partial charge in [-0.1, -0.05) is 15.9 Å². The maximum atomic E-state index is 12.6. The molecule has 0 spiro atoms. The van der Waals surface area contributed by atoms with Crippen molar-refractivity contribution in [3.63, 3.8) is 0 Å². The highest BCUT2D eigenvalue weighted by Crippen LogP contribution is 2.28. The molecule has 2 N–H and O–H groups in total. The third kappa shape index (κ3) is 6.72. The molecule has 0 heterocycles. The van der Waals surface area contributed by atoms with Gasteiger partial charge in [0.15, 0.2) is 6.61 Å². The molecule has 168 valence electrons. The summed E-state index contributed by atoms with van der Waals surface area (Å²) >= 11 is 6.72. The van der Waals surface area contributed by atoms with E-state index >= 15 is 0 Å². The number of ether oxygens (including phenoxy) is 2. The van der Waals surface area contributed by atoms with E-state index in [0.29, 0.717) is 34.0 Å². The number of halogens is 2. The molecule has 7 nitrogen and oxygen atoms in total. The number of hydrogen-bond acceptors (Lipinski definition) is 5. The summed E-state index contributed by atoms with van der Waals surface area (Å²) < 4.78 is 40.2. The van der Waals surface area contributed by atoms with E-state index in [1.54, 1.807) is 36.4 Å². The van der Waals surface area contributed by atoms with E-state index in [2.05, 4.69) is 41.9 Å². The van der Waals surface area contributed by atoms with Gasteiger partial charge in [0.25, 0.3) is 15.9 Å². The first-order chi connectivity index (χ1) is 15.3. The number of benzene rings is 3. The highest BCUT2D eigenvalue weighted by molar-refractivity contribution is 9.11. The first-order valence-corrected chi connectivity index (χ1v) is 12.6. The number of carbonyl (C=O) groups is 1. The summed E-state index contributed by atoms with van der Waals surface area (Å²) in [6, 6.07) is 17.8. The van der Waals surface area contributed by atoms with Crippen LogP contribution in [0.1, 0.15) is 6.92 Å². The molecule has 0 aliphatic heterocycles. The van der Waals surface area contributed by atoms with E-state index in [-0.39, 0.29) is 17.4 Å². The minimum absolute atomic E-state index is 0.0689. The lowest BCUT2D eigenvalue weighted by Crippen LogP contribution is -2.20. The second kappa shape index (κ2) is 10.8. The molecule has 0 fully saturated rings. The molecule has 0 unspecified atom stereocenters. The molecule has 0 aromatic heterocycles. The number of amides is 1. The molecule has 0 aliphatic rings. The molecule has 0 saturated heterocycles. The van der Waals surface area contributed by atoms with Crippen molar-refractivity contribution in [2.45, 2.75) is 11.8 Å². The summed E-state index contributed by atoms with van der Waals surface area (Å²) in [6.07, 6.45) is 0. The Hall–Kier alpha value is -2.56. The van der Waals surface area contributed by atoms with Gasteiger partial charge in [0.2, 0.25) is 0 Å². The van der Waals surface area contributed by atoms with Crippen molar-refractivity contribution in [1.82, 2.24) is 0 Å². The monoisotopic (exact) mass is 582 g/mol. The number of sulfonamides is 1. The van der Waals surface area contributed by atoms with Crippen molar-refractivity contribution in [3.8, 4) is 11.5 Å². The summed E-state index contributed by atoms with van der Waals surface area (Å²) in [5.41, 5.74) is 0.871. The molecule has 1 amide bonds. The van der Waals surface area contributed by atoms with E-state index in [1.807, 2.05) is 13.0 Å². The molecule has 0 radical (unpaired) electrons. The van der Waals surface area contributed by atoms with Crippen LogP contribution in [0.25, 0.3) is 0 Å². The fraction of sp³-hybridized carbons (Fsp3) is 0.136. The van der Waals surface area contributed by atoms with Gasteiger partial charge in [-0.05, 0) is 89.6 Å². The van der Waals surface area contributed by atoms with Gasteiger partial charge in [0, 0.05) is 15.8 Å². The van der Waals surface area contributed by atoms with E-state index in [1.165, 1.54) is 24.3 Å². The van der Waals surface area contributed by atoms with Crippen LogP contribution in [-0.4, -0.2) is 27.5 Å². The Bertz CT molecular complexity index is 1180. The highest BCUT2D eigenvalue weighted by atomic mass is 79.9. The predicted molar refractivity (Wildman–Crippen MR) is 131 cm³/mol. The minimum atomic E-state index is -3.78. The fourth-order valence-corrected chi connectivity index (χ4v) is 4.87. The Morgan fingerprint density at radius 3 is 2.19 bits per heavy atom. The van der Waals surface area contributed by atoms with Gasteiger partial charge in [-0.15, -0.1) is 0 Å². The van der Waals surface area contributed by atoms with E-state index in [9.17, 15) is 13.2 Å². The van der Waals surface area contributed by atoms with Crippen LogP contribution in [0.4, 0.5) is 11.4 Å². The van der Waals surface area contributed by atoms with Gasteiger partial charge < -0.3 is 14.8 Å². The lowest BCUT2D eigenvalue weighted by atomic mass is 10.3. The third-order valence-electron chi connectivity index (χ3n) is 4.12. The molecular formula is C22H20Br2N2O5S. The summed E-state index contributed by atoms with van der Waals surface area (Å²) in [5.74, 6) is 0.820. The van der Waals surface area contributed by atoms with E-state index in [4.69, 9.17) is 9.47 Å². The van der Waals surface area contributed by atoms with E-state index in [0.717, 1.165) is 4.47 Å². The number of hydrogen-bond donors (Lipinski definition) is 2. The van der Waals surface area contributed by atoms with Crippen molar-refractivity contribution >= 4 is 59.2 Å². The largest absolute Gasteiger partial charge is 0.494 e. The van der Waals surface area contributed by atoms with Crippen LogP contribution in [0.3, 0.4) is 0 Å². The Labute approximate surface area is 203 Å². The Kier molecular flexibility index (Phi) is 8.16. The molecule has 10 heteroatoms. The standard InChI is InChI=1S/C22H20Br2N2O5S/c1-2-30-18-8-4-17(5-9-18)26-32(28,29)19-10-6-16(7-11-19)25-22(27)14-31-21-12-3-15(23)13-20(21)24/h3-13,26H,2,14H2,1H3,(H,25,27). The average molecular weight is 584 g/mol. The SMILES string of the molecule is CCOc1ccc(NS(=O)(=O)c2ccc(NC(=O)COc3ccc(Br)cc3Br)cc2)cc1. The van der Waals surface area contributed by atoms with Gasteiger partial charge >= 0.3 is 0 Å². The molecule has 0 atom stereocenters. The summed E-state index contributed by atoms with van der Waals surface area (Å²) in [5, 5.41) is 2.67. The van der Waals surface area contributed by atoms with Crippen LogP contribution in [0.5, 0.6) is 11.5 Å². The summed E-state index contributed by atoms with van der Waals surface area (Å²) in [7, 11) is -3.78. The molecule has 0 bridgehead atoms. The van der Waals surface area contributed by atoms with Gasteiger partial charge in [0.1, 0.15) is 11.5 Å². The lowest BCUT2D eigenvalue weighted by molar-refractivity contribution is -0.118. The number of carbonyl (C=O) groups excluding carboxylic acids is 1. The Balaban J connectivity index is 1.57. The smallest absolute Gasteiger partial charge is 0.262 e. The minimum Gasteiger partial charge on any atom is -0.494 e. The van der Waals surface area contributed by atoms with Crippen molar-refractivity contribution < 1.29 is 22.7 Å². The van der Waals surface area contributed by atoms with Crippen molar-refractivity contribution in [1.29, 1.82) is 0 Å². The molecular weight excluding hydrogens is 564 g/mol. The van der Waals surface area contributed by atoms with Crippen molar-refractivity contribution in [3.05, 3.63) is 75.7 Å². The zero-order valence-corrected chi connectivity index (χ0v) is 21.0. The summed E-state index contributed by atoms with van der Waals surface area (Å²) in [6.45, 7) is 2.21. The molecule has 0 aliphatic carbocycles. The van der Waals surface area contributed by atoms with Gasteiger partial charge in [-0.25, -0.2) is 8.42 Å². The Morgan fingerprint density at radius 2 is 1.56 bits per heavy atom. The lowest BCUT2D eigenvalue weighted by Gasteiger charge is -2.11. The van der Waals surface area contributed by atoms with Crippen LogP contribution in [0.15, 0.2) is 80.6 Å². The Morgan fingerprint density at radius 1 is 0.906 bits per heavy atom. The van der Waals surface area contributed by atoms with E-state index < -0.39 is 10.0 Å². The molecule has 0 saturated carbocycles. The molecule has 3 aromatic carbocycles. The van der Waals surface area contributed by atoms with Gasteiger partial charge in [-0.3, -0.25) is 9.52 Å². The van der Waals surface area contributed by atoms with Crippen molar-refractivity contribution in [2.75, 3.05) is 23.3 Å².